The van der Waals surface area contributed by atoms with Gasteiger partial charge in [-0.1, -0.05) is 0 Å². The number of rotatable bonds is 8. The van der Waals surface area contributed by atoms with Gasteiger partial charge in [-0.25, -0.2) is 0 Å². The van der Waals surface area contributed by atoms with Crippen molar-refractivity contribution in [2.45, 2.75) is 77.3 Å². The topological polar surface area (TPSA) is 112 Å². The second-order valence-corrected chi connectivity index (χ2v) is 6.25. The normalized spacial score (nSPS) is 24.2. The number of aliphatic carboxylic acids is 1. The van der Waals surface area contributed by atoms with Gasteiger partial charge in [0.1, 0.15) is 24.4 Å². The number of aliphatic hydroxyl groups is 1. The molecule has 1 heterocycles. The fourth-order valence-corrected chi connectivity index (χ4v) is 2.41. The molecule has 0 saturated carbocycles. The van der Waals surface area contributed by atoms with Crippen molar-refractivity contribution in [3.8, 4) is 0 Å². The van der Waals surface area contributed by atoms with Crippen molar-refractivity contribution >= 4 is 11.9 Å². The number of carbonyl (C=O) groups is 2. The Kier molecular flexibility index (Phi) is 6.94. The molecule has 1 unspecified atom stereocenters. The van der Waals surface area contributed by atoms with E-state index in [0.29, 0.717) is 0 Å². The molecular formula is C15H26O8. The first-order valence-electron chi connectivity index (χ1n) is 7.56. The van der Waals surface area contributed by atoms with Gasteiger partial charge in [0.25, 0.3) is 0 Å². The summed E-state index contributed by atoms with van der Waals surface area (Å²) in [5, 5.41) is 19.6. The van der Waals surface area contributed by atoms with Crippen molar-refractivity contribution in [3.63, 3.8) is 0 Å². The van der Waals surface area contributed by atoms with E-state index in [1.54, 1.807) is 27.7 Å². The van der Waals surface area contributed by atoms with Gasteiger partial charge < -0.3 is 29.2 Å². The third-order valence-corrected chi connectivity index (χ3v) is 3.24. The highest BCUT2D eigenvalue weighted by atomic mass is 16.7. The molecular weight excluding hydrogens is 308 g/mol. The molecule has 0 aromatic carbocycles. The van der Waals surface area contributed by atoms with Gasteiger partial charge in [0.15, 0.2) is 5.79 Å². The minimum atomic E-state index is -1.21. The van der Waals surface area contributed by atoms with Crippen molar-refractivity contribution in [3.05, 3.63) is 0 Å². The van der Waals surface area contributed by atoms with E-state index in [9.17, 15) is 14.7 Å². The summed E-state index contributed by atoms with van der Waals surface area (Å²) in [6.07, 6.45) is -4.88. The highest BCUT2D eigenvalue weighted by molar-refractivity contribution is 5.70. The van der Waals surface area contributed by atoms with Gasteiger partial charge in [0.2, 0.25) is 0 Å². The van der Waals surface area contributed by atoms with Crippen LogP contribution < -0.4 is 0 Å². The van der Waals surface area contributed by atoms with Gasteiger partial charge in [-0.15, -0.1) is 0 Å². The summed E-state index contributed by atoms with van der Waals surface area (Å²) in [5.41, 5.74) is 0. The molecule has 1 fully saturated rings. The zero-order valence-corrected chi connectivity index (χ0v) is 14.1. The molecule has 0 bridgehead atoms. The standard InChI is InChI=1S/C15H26O8/c1-8(2)21-14(10(6-12(17)18)22-9(3)16)13(19)11-7-20-15(4,5)23-11/h8,10-11,13-14,19H,6-7H2,1-5H3,(H,17,18)/t10?,11-,13+,14+/m1/s1. The summed E-state index contributed by atoms with van der Waals surface area (Å²) < 4.78 is 21.7. The number of ether oxygens (including phenoxy) is 4. The number of carbonyl (C=O) groups excluding carboxylic acids is 1. The average Bonchev–Trinajstić information content (AvgIpc) is 2.73. The van der Waals surface area contributed by atoms with Gasteiger partial charge in [0.05, 0.1) is 19.1 Å². The van der Waals surface area contributed by atoms with Crippen molar-refractivity contribution in [2.24, 2.45) is 0 Å². The number of esters is 1. The zero-order chi connectivity index (χ0) is 17.8. The molecule has 23 heavy (non-hydrogen) atoms. The molecule has 1 rings (SSSR count). The van der Waals surface area contributed by atoms with Crippen LogP contribution in [-0.2, 0) is 28.5 Å². The number of carboxylic acids is 1. The molecule has 0 radical (unpaired) electrons. The largest absolute Gasteiger partial charge is 0.481 e. The van der Waals surface area contributed by atoms with E-state index in [1.165, 1.54) is 6.92 Å². The first-order chi connectivity index (χ1) is 10.5. The van der Waals surface area contributed by atoms with Crippen molar-refractivity contribution < 1.29 is 38.7 Å². The van der Waals surface area contributed by atoms with Crippen LogP contribution in [-0.4, -0.2) is 65.1 Å². The maximum absolute atomic E-state index is 11.3. The minimum absolute atomic E-state index is 0.131. The molecule has 0 spiro atoms. The smallest absolute Gasteiger partial charge is 0.307 e. The lowest BCUT2D eigenvalue weighted by Gasteiger charge is -2.33. The van der Waals surface area contributed by atoms with Gasteiger partial charge in [-0.05, 0) is 27.7 Å². The highest BCUT2D eigenvalue weighted by Gasteiger charge is 2.44. The molecule has 0 aromatic rings. The predicted molar refractivity (Wildman–Crippen MR) is 78.7 cm³/mol. The highest BCUT2D eigenvalue weighted by Crippen LogP contribution is 2.28. The first kappa shape index (κ1) is 19.8. The summed E-state index contributed by atoms with van der Waals surface area (Å²) in [4.78, 5) is 22.3. The van der Waals surface area contributed by atoms with E-state index < -0.39 is 48.6 Å². The summed E-state index contributed by atoms with van der Waals surface area (Å²) >= 11 is 0. The summed E-state index contributed by atoms with van der Waals surface area (Å²) in [5.74, 6) is -2.66. The minimum Gasteiger partial charge on any atom is -0.481 e. The van der Waals surface area contributed by atoms with Gasteiger partial charge >= 0.3 is 11.9 Å². The third-order valence-electron chi connectivity index (χ3n) is 3.24. The lowest BCUT2D eigenvalue weighted by molar-refractivity contribution is -0.195. The van der Waals surface area contributed by atoms with E-state index in [4.69, 9.17) is 24.1 Å². The molecule has 8 nitrogen and oxygen atoms in total. The Morgan fingerprint density at radius 2 is 1.96 bits per heavy atom. The zero-order valence-electron chi connectivity index (χ0n) is 14.1. The van der Waals surface area contributed by atoms with Crippen LogP contribution in [0.15, 0.2) is 0 Å². The average molecular weight is 334 g/mol. The molecule has 8 heteroatoms. The lowest BCUT2D eigenvalue weighted by Crippen LogP contribution is -2.50. The van der Waals surface area contributed by atoms with Crippen LogP contribution in [0.4, 0.5) is 0 Å². The third kappa shape index (κ3) is 6.42. The Morgan fingerprint density at radius 3 is 2.35 bits per heavy atom. The van der Waals surface area contributed by atoms with Crippen LogP contribution in [0.3, 0.4) is 0 Å². The predicted octanol–water partition coefficient (Wildman–Crippen LogP) is 0.699. The van der Waals surface area contributed by atoms with E-state index in [1.807, 2.05) is 0 Å². The molecule has 4 atom stereocenters. The molecule has 2 N–H and O–H groups in total. The van der Waals surface area contributed by atoms with E-state index >= 15 is 0 Å². The Labute approximate surface area is 135 Å². The Hall–Kier alpha value is -1.22. The molecule has 1 saturated heterocycles. The number of carboxylic acid groups (broad SMARTS) is 1. The SMILES string of the molecule is CC(=O)OC(CC(=O)O)[C@H](OC(C)C)[C@@H](O)[C@H]1COC(C)(C)O1. The van der Waals surface area contributed by atoms with Crippen LogP contribution in [0.1, 0.15) is 41.0 Å². The van der Waals surface area contributed by atoms with Crippen molar-refractivity contribution in [1.82, 2.24) is 0 Å². The quantitative estimate of drug-likeness (QED) is 0.624. The molecule has 1 aliphatic rings. The summed E-state index contributed by atoms with van der Waals surface area (Å²) in [6, 6.07) is 0. The lowest BCUT2D eigenvalue weighted by atomic mass is 10.00. The molecule has 0 aromatic heterocycles. The molecule has 0 aliphatic carbocycles. The Balaban J connectivity index is 2.94. The van der Waals surface area contributed by atoms with Gasteiger partial charge in [0, 0.05) is 6.92 Å². The second kappa shape index (κ2) is 8.05. The number of hydrogen-bond acceptors (Lipinski definition) is 7. The summed E-state index contributed by atoms with van der Waals surface area (Å²) in [6.45, 7) is 8.19. The van der Waals surface area contributed by atoms with Crippen LogP contribution in [0.2, 0.25) is 0 Å². The van der Waals surface area contributed by atoms with E-state index in [-0.39, 0.29) is 12.7 Å². The van der Waals surface area contributed by atoms with Crippen LogP contribution >= 0.6 is 0 Å². The molecule has 1 aliphatic heterocycles. The van der Waals surface area contributed by atoms with E-state index in [2.05, 4.69) is 0 Å². The van der Waals surface area contributed by atoms with Crippen LogP contribution in [0.25, 0.3) is 0 Å². The summed E-state index contributed by atoms with van der Waals surface area (Å²) in [7, 11) is 0. The van der Waals surface area contributed by atoms with Crippen LogP contribution in [0.5, 0.6) is 0 Å². The monoisotopic (exact) mass is 334 g/mol. The number of aliphatic hydroxyl groups excluding tert-OH is 1. The maximum atomic E-state index is 11.3. The fourth-order valence-electron chi connectivity index (χ4n) is 2.41. The Morgan fingerprint density at radius 1 is 1.35 bits per heavy atom. The van der Waals surface area contributed by atoms with Crippen molar-refractivity contribution in [2.75, 3.05) is 6.61 Å². The second-order valence-electron chi connectivity index (χ2n) is 6.25. The number of hydrogen-bond donors (Lipinski definition) is 2. The first-order valence-corrected chi connectivity index (χ1v) is 7.56. The maximum Gasteiger partial charge on any atom is 0.307 e. The van der Waals surface area contributed by atoms with Crippen LogP contribution in [0, 0.1) is 0 Å². The molecule has 134 valence electrons. The fraction of sp³-hybridized carbons (Fsp3) is 0.867. The van der Waals surface area contributed by atoms with Crippen molar-refractivity contribution in [1.29, 1.82) is 0 Å². The Bertz CT molecular complexity index is 404. The van der Waals surface area contributed by atoms with Gasteiger partial charge in [-0.3, -0.25) is 9.59 Å². The van der Waals surface area contributed by atoms with E-state index in [0.717, 1.165) is 0 Å². The van der Waals surface area contributed by atoms with Gasteiger partial charge in [-0.2, -0.15) is 0 Å². The molecule has 0 amide bonds.